The van der Waals surface area contributed by atoms with E-state index in [0.717, 1.165) is 4.90 Å². The van der Waals surface area contributed by atoms with Gasteiger partial charge in [-0.1, -0.05) is 36.8 Å². The van der Waals surface area contributed by atoms with Crippen molar-refractivity contribution in [2.24, 2.45) is 5.92 Å². The van der Waals surface area contributed by atoms with Crippen LogP contribution in [0.5, 0.6) is 11.5 Å². The summed E-state index contributed by atoms with van der Waals surface area (Å²) in [6.07, 6.45) is 3.73. The first kappa shape index (κ1) is 48.3. The molecule has 5 atom stereocenters. The number of carbonyl (C=O) groups excluding carboxylic acids is 4. The summed E-state index contributed by atoms with van der Waals surface area (Å²) in [4.78, 5) is 77.4. The fourth-order valence-corrected chi connectivity index (χ4v) is 10.3. The number of nitrogens with one attached hydrogen (secondary N) is 3. The lowest BCUT2D eigenvalue weighted by molar-refractivity contribution is -0.144. The molecule has 1 saturated heterocycles. The van der Waals surface area contributed by atoms with Crippen LogP contribution in [0.15, 0.2) is 53.7 Å². The summed E-state index contributed by atoms with van der Waals surface area (Å²) >= 11 is 0. The first-order valence-electron chi connectivity index (χ1n) is 22.8. The quantitative estimate of drug-likeness (QED) is 0.149. The average molecular weight is 966 g/mol. The largest absolute Gasteiger partial charge is 0.494 e. The van der Waals surface area contributed by atoms with Crippen LogP contribution in [0.3, 0.4) is 0 Å². The van der Waals surface area contributed by atoms with Crippen molar-refractivity contribution in [1.29, 1.82) is 0 Å². The second kappa shape index (κ2) is 18.1. The number of halogens is 3. The molecule has 5 aliphatic rings. The van der Waals surface area contributed by atoms with Crippen LogP contribution in [0.25, 0.3) is 10.9 Å². The molecule has 1 saturated carbocycles. The summed E-state index contributed by atoms with van der Waals surface area (Å²) < 4.78 is 92.4. The molecule has 0 unspecified atom stereocenters. The number of carbonyl (C=O) groups is 4. The van der Waals surface area contributed by atoms with Crippen LogP contribution in [0.2, 0.25) is 0 Å². The van der Waals surface area contributed by atoms with E-state index in [2.05, 4.69) is 37.2 Å². The summed E-state index contributed by atoms with van der Waals surface area (Å²) in [7, 11) is -4.20. The number of hydrogen-bond donors (Lipinski definition) is 3. The predicted molar refractivity (Wildman–Crippen MR) is 239 cm³/mol. The van der Waals surface area contributed by atoms with Crippen LogP contribution in [0.4, 0.5) is 18.0 Å². The zero-order chi connectivity index (χ0) is 48.9. The van der Waals surface area contributed by atoms with E-state index in [9.17, 15) is 32.4 Å². The van der Waals surface area contributed by atoms with Gasteiger partial charge in [0, 0.05) is 36.2 Å². The number of benzene rings is 1. The van der Waals surface area contributed by atoms with Gasteiger partial charge in [0.05, 0.1) is 35.7 Å². The maximum Gasteiger partial charge on any atom is 0.437 e. The minimum atomic E-state index is -5.00. The van der Waals surface area contributed by atoms with Crippen molar-refractivity contribution in [2.75, 3.05) is 13.2 Å². The van der Waals surface area contributed by atoms with E-state index in [1.165, 1.54) is 31.5 Å². The topological polar surface area (TPSA) is 217 Å². The minimum Gasteiger partial charge on any atom is -0.494 e. The monoisotopic (exact) mass is 965 g/mol. The number of nitrogens with zero attached hydrogens (tertiary/aromatic N) is 4. The lowest BCUT2D eigenvalue weighted by Gasteiger charge is -2.38. The molecule has 0 bridgehead atoms. The summed E-state index contributed by atoms with van der Waals surface area (Å²) in [5.74, 6) is 1.64. The summed E-state index contributed by atoms with van der Waals surface area (Å²) in [5.41, 5.74) is -6.06. The molecule has 5 heterocycles. The molecular weight excluding hydrogens is 912 g/mol. The van der Waals surface area contributed by atoms with Gasteiger partial charge in [0.2, 0.25) is 21.8 Å². The maximum atomic E-state index is 15.0. The van der Waals surface area contributed by atoms with Gasteiger partial charge in [-0.25, -0.2) is 22.9 Å². The van der Waals surface area contributed by atoms with Gasteiger partial charge < -0.3 is 34.3 Å². The molecule has 2 aliphatic carbocycles. The zero-order valence-electron chi connectivity index (χ0n) is 38.2. The molecule has 364 valence electrons. The third-order valence-corrected chi connectivity index (χ3v) is 15.2. The lowest BCUT2D eigenvalue weighted by Crippen LogP contribution is -2.68. The number of aryl methyl sites for hydroxylation is 2. The number of amides is 4. The van der Waals surface area contributed by atoms with Crippen molar-refractivity contribution in [3.05, 3.63) is 70.6 Å². The van der Waals surface area contributed by atoms with E-state index in [-0.39, 0.29) is 48.9 Å². The van der Waals surface area contributed by atoms with Crippen LogP contribution in [-0.2, 0) is 48.3 Å². The van der Waals surface area contributed by atoms with Crippen molar-refractivity contribution < 1.29 is 55.0 Å². The third-order valence-electron chi connectivity index (χ3n) is 13.1. The van der Waals surface area contributed by atoms with E-state index in [1.54, 1.807) is 49.8 Å². The fourth-order valence-electron chi connectivity index (χ4n) is 8.99. The van der Waals surface area contributed by atoms with Crippen molar-refractivity contribution in [1.82, 2.24) is 34.8 Å². The number of ether oxygens (including phenoxy) is 3. The molecule has 17 nitrogen and oxygen atoms in total. The smallest absolute Gasteiger partial charge is 0.437 e. The molecule has 4 amide bonds. The Kier molecular flexibility index (Phi) is 12.8. The Morgan fingerprint density at radius 2 is 1.85 bits per heavy atom. The van der Waals surface area contributed by atoms with Gasteiger partial charge in [-0.05, 0) is 97.3 Å². The summed E-state index contributed by atoms with van der Waals surface area (Å²) in [6, 6.07) is 3.13. The average Bonchev–Trinajstić information content (AvgIpc) is 3.93. The van der Waals surface area contributed by atoms with Crippen molar-refractivity contribution >= 4 is 44.7 Å². The number of aromatic nitrogens is 3. The number of rotatable bonds is 9. The highest BCUT2D eigenvalue weighted by Gasteiger charge is 2.59. The molecule has 1 spiro atoms. The highest BCUT2D eigenvalue weighted by atomic mass is 32.2. The second-order valence-corrected chi connectivity index (χ2v) is 21.6. The third kappa shape index (κ3) is 10.0. The molecule has 68 heavy (non-hydrogen) atoms. The van der Waals surface area contributed by atoms with E-state index in [4.69, 9.17) is 14.2 Å². The Labute approximate surface area is 391 Å². The SMILES string of the molecule is CC(C)(C)OC(=O)N[C@H]1CCCCC/C=C\[C@@H]2C#C[C@@]2(C(=O)NS(=O)(=O)C2(C)CC2)NC(=O)[C@@H]2C[C@]3(CCc4c(c(C(F)(F)F)nc5ccc(OCCCn6ccc(=O)nc6)cc45)O3)CN2C1=O. The number of alkyl halides is 3. The normalized spacial score (nSPS) is 26.2. The highest BCUT2D eigenvalue weighted by molar-refractivity contribution is 7.91. The van der Waals surface area contributed by atoms with Gasteiger partial charge in [-0.2, -0.15) is 18.2 Å². The Morgan fingerprint density at radius 3 is 2.53 bits per heavy atom. The molecule has 8 rings (SSSR count). The minimum absolute atomic E-state index is 0.00247. The summed E-state index contributed by atoms with van der Waals surface area (Å²) in [6.45, 7) is 6.76. The molecular formula is C47H54F3N7O10S. The van der Waals surface area contributed by atoms with Gasteiger partial charge in [0.25, 0.3) is 11.5 Å². The maximum absolute atomic E-state index is 15.0. The van der Waals surface area contributed by atoms with Gasteiger partial charge in [-0.15, -0.1) is 0 Å². The Bertz CT molecular complexity index is 2780. The summed E-state index contributed by atoms with van der Waals surface area (Å²) in [5, 5.41) is 5.69. The van der Waals surface area contributed by atoms with Crippen LogP contribution in [0.1, 0.15) is 103 Å². The first-order chi connectivity index (χ1) is 32.0. The van der Waals surface area contributed by atoms with Gasteiger partial charge in [0.1, 0.15) is 29.0 Å². The van der Waals surface area contributed by atoms with Crippen LogP contribution in [0, 0.1) is 17.8 Å². The number of alkyl carbamates (subject to hydrolysis) is 1. The molecule has 1 aromatic carbocycles. The predicted octanol–water partition coefficient (Wildman–Crippen LogP) is 4.84. The number of fused-ring (bicyclic) bond motifs is 5. The van der Waals surface area contributed by atoms with Crippen LogP contribution >= 0.6 is 0 Å². The van der Waals surface area contributed by atoms with Gasteiger partial charge in [-0.3, -0.25) is 19.2 Å². The molecule has 3 aromatic rings. The van der Waals surface area contributed by atoms with Crippen molar-refractivity contribution in [3.8, 4) is 23.3 Å². The highest BCUT2D eigenvalue weighted by Crippen LogP contribution is 2.49. The van der Waals surface area contributed by atoms with E-state index in [1.807, 2.05) is 0 Å². The lowest BCUT2D eigenvalue weighted by atomic mass is 9.75. The van der Waals surface area contributed by atoms with Gasteiger partial charge in [0.15, 0.2) is 17.0 Å². The van der Waals surface area contributed by atoms with E-state index in [0.29, 0.717) is 62.6 Å². The Morgan fingerprint density at radius 1 is 1.07 bits per heavy atom. The van der Waals surface area contributed by atoms with Crippen molar-refractivity contribution in [3.63, 3.8) is 0 Å². The Balaban J connectivity index is 1.13. The van der Waals surface area contributed by atoms with Crippen LogP contribution < -0.4 is 30.4 Å². The molecule has 21 heteroatoms. The molecule has 0 radical (unpaired) electrons. The zero-order valence-corrected chi connectivity index (χ0v) is 39.0. The van der Waals surface area contributed by atoms with Crippen LogP contribution in [-0.4, -0.2) is 98.4 Å². The van der Waals surface area contributed by atoms with E-state index >= 15 is 13.2 Å². The number of sulfonamides is 1. The van der Waals surface area contributed by atoms with Gasteiger partial charge >= 0.3 is 12.3 Å². The number of hydrogen-bond acceptors (Lipinski definition) is 12. The molecule has 2 fully saturated rings. The molecule has 3 N–H and O–H groups in total. The number of pyridine rings is 1. The standard InChI is InChI=1S/C47H54F3N7O10S/c1-43(2,3)67-42(62)53-34-12-9-7-5-6-8-11-29-15-19-46(29,41(61)55-68(63,64)44(4)20-21-44)54-39(59)35-26-45(27-57(35)40(34)60)18-16-31-32-25-30(65-24-10-22-56-23-17-36(58)51-28-56)13-14-33(32)52-38(37(31)66-45)47(48,49)50/h8,11,13-14,17,23,25,28-29,34-35H,5-7,9-10,12,16,18,20-22,24,26-27H2,1-4H3,(H,53,62)(H,54,59)(H,55,61)/b11-8-/t29-,34+,35+,45-,46-/m1/s1. The first-order valence-corrected chi connectivity index (χ1v) is 24.2. The number of allylic oxidation sites excluding steroid dienone is 1. The Hall–Kier alpha value is -6.17. The molecule has 2 aromatic heterocycles. The second-order valence-electron chi connectivity index (χ2n) is 19.4. The van der Waals surface area contributed by atoms with E-state index < -0.39 is 97.5 Å². The van der Waals surface area contributed by atoms with Crippen molar-refractivity contribution in [2.45, 2.75) is 145 Å². The fraction of sp³-hybridized carbons (Fsp3) is 0.553. The molecule has 3 aliphatic heterocycles.